The second kappa shape index (κ2) is 4.79. The monoisotopic (exact) mass is 302 g/mol. The summed E-state index contributed by atoms with van der Waals surface area (Å²) in [6, 6.07) is 9.70. The maximum absolute atomic E-state index is 12.5. The fourth-order valence-corrected chi connectivity index (χ4v) is 2.37. The Morgan fingerprint density at radius 3 is 2.81 bits per heavy atom. The van der Waals surface area contributed by atoms with Crippen molar-refractivity contribution in [2.24, 2.45) is 7.05 Å². The Balaban J connectivity index is 2.14. The second-order valence-corrected chi connectivity index (χ2v) is 5.03. The average Bonchev–Trinajstić information content (AvgIpc) is 2.76. The first-order chi connectivity index (χ1) is 9.99. The number of nitrogen functional groups attached to an aromatic ring is 1. The first-order valence-electron chi connectivity index (χ1n) is 6.17. The number of ketones is 1. The van der Waals surface area contributed by atoms with Crippen molar-refractivity contribution in [1.29, 1.82) is 0 Å². The van der Waals surface area contributed by atoms with Crippen molar-refractivity contribution in [1.82, 2.24) is 4.57 Å². The molecule has 1 heterocycles. The number of oxazole rings is 1. The zero-order valence-electron chi connectivity index (χ0n) is 11.1. The third kappa shape index (κ3) is 2.11. The molecule has 106 valence electrons. The Bertz CT molecular complexity index is 924. The minimum Gasteiger partial charge on any atom is -0.408 e. The number of carbonyl (C=O) groups is 1. The van der Waals surface area contributed by atoms with Crippen molar-refractivity contribution < 1.29 is 9.21 Å². The van der Waals surface area contributed by atoms with Gasteiger partial charge >= 0.3 is 5.76 Å². The van der Waals surface area contributed by atoms with Gasteiger partial charge in [0.25, 0.3) is 0 Å². The molecular formula is C15H11ClN2O3. The maximum Gasteiger partial charge on any atom is 0.419 e. The summed E-state index contributed by atoms with van der Waals surface area (Å²) in [5.41, 5.74) is 7.71. The van der Waals surface area contributed by atoms with Crippen LogP contribution in [-0.2, 0) is 7.05 Å². The van der Waals surface area contributed by atoms with Gasteiger partial charge < -0.3 is 10.2 Å². The van der Waals surface area contributed by atoms with Crippen molar-refractivity contribution >= 4 is 34.2 Å². The summed E-state index contributed by atoms with van der Waals surface area (Å²) in [6.45, 7) is 0. The van der Waals surface area contributed by atoms with E-state index in [2.05, 4.69) is 0 Å². The van der Waals surface area contributed by atoms with E-state index in [4.69, 9.17) is 21.8 Å². The van der Waals surface area contributed by atoms with Crippen LogP contribution in [0.5, 0.6) is 0 Å². The van der Waals surface area contributed by atoms with Crippen LogP contribution in [0.25, 0.3) is 11.1 Å². The third-order valence-corrected chi connectivity index (χ3v) is 3.75. The predicted octanol–water partition coefficient (Wildman–Crippen LogP) is 2.60. The number of rotatable bonds is 2. The Labute approximate surface area is 124 Å². The molecule has 3 rings (SSSR count). The lowest BCUT2D eigenvalue weighted by Gasteiger charge is -2.05. The van der Waals surface area contributed by atoms with Crippen LogP contribution in [0.4, 0.5) is 5.69 Å². The van der Waals surface area contributed by atoms with Crippen LogP contribution >= 0.6 is 11.6 Å². The Hall–Kier alpha value is -2.53. The maximum atomic E-state index is 12.5. The summed E-state index contributed by atoms with van der Waals surface area (Å²) in [7, 11) is 1.60. The highest BCUT2D eigenvalue weighted by molar-refractivity contribution is 6.37. The highest BCUT2D eigenvalue weighted by atomic mass is 35.5. The van der Waals surface area contributed by atoms with Gasteiger partial charge in [0.1, 0.15) is 0 Å². The molecule has 2 N–H and O–H groups in total. The quantitative estimate of drug-likeness (QED) is 0.583. The molecule has 0 saturated heterocycles. The number of anilines is 1. The van der Waals surface area contributed by atoms with Crippen LogP contribution in [0, 0.1) is 0 Å². The van der Waals surface area contributed by atoms with Crippen molar-refractivity contribution in [2.75, 3.05) is 5.73 Å². The molecule has 0 atom stereocenters. The number of aryl methyl sites for hydroxylation is 1. The smallest absolute Gasteiger partial charge is 0.408 e. The van der Waals surface area contributed by atoms with Crippen LogP contribution in [0.2, 0.25) is 5.02 Å². The highest BCUT2D eigenvalue weighted by Crippen LogP contribution is 2.26. The molecule has 0 unspecified atom stereocenters. The van der Waals surface area contributed by atoms with Crippen LogP contribution in [0.15, 0.2) is 45.6 Å². The molecule has 0 saturated carbocycles. The van der Waals surface area contributed by atoms with Gasteiger partial charge in [-0.1, -0.05) is 17.7 Å². The number of benzene rings is 2. The van der Waals surface area contributed by atoms with Crippen molar-refractivity contribution in [3.8, 4) is 0 Å². The van der Waals surface area contributed by atoms with Crippen molar-refractivity contribution in [3.63, 3.8) is 0 Å². The Morgan fingerprint density at radius 1 is 1.29 bits per heavy atom. The SMILES string of the molecule is Cn1c(=O)oc2cc(C(=O)c3cccc(N)c3Cl)ccc21. The summed E-state index contributed by atoms with van der Waals surface area (Å²) in [4.78, 5) is 24.0. The van der Waals surface area contributed by atoms with Crippen molar-refractivity contribution in [3.05, 3.63) is 63.1 Å². The van der Waals surface area contributed by atoms with E-state index in [9.17, 15) is 9.59 Å². The van der Waals surface area contributed by atoms with Crippen molar-refractivity contribution in [2.45, 2.75) is 0 Å². The summed E-state index contributed by atoms with van der Waals surface area (Å²) >= 11 is 6.06. The highest BCUT2D eigenvalue weighted by Gasteiger charge is 2.16. The fraction of sp³-hybridized carbons (Fsp3) is 0.0667. The average molecular weight is 303 g/mol. The van der Waals surface area contributed by atoms with Crippen LogP contribution in [0.3, 0.4) is 0 Å². The minimum atomic E-state index is -0.475. The van der Waals surface area contributed by atoms with Gasteiger partial charge in [-0.05, 0) is 30.3 Å². The molecule has 1 aromatic heterocycles. The van der Waals surface area contributed by atoms with Gasteiger partial charge in [0.2, 0.25) is 0 Å². The van der Waals surface area contributed by atoms with E-state index < -0.39 is 5.76 Å². The normalized spacial score (nSPS) is 11.0. The van der Waals surface area contributed by atoms with Crippen LogP contribution in [-0.4, -0.2) is 10.4 Å². The number of nitrogens with zero attached hydrogens (tertiary/aromatic N) is 1. The Kier molecular flexibility index (Phi) is 3.07. The minimum absolute atomic E-state index is 0.220. The van der Waals surface area contributed by atoms with E-state index in [1.54, 1.807) is 37.4 Å². The molecule has 2 aromatic carbocycles. The molecule has 6 heteroatoms. The molecule has 0 spiro atoms. The first kappa shape index (κ1) is 13.5. The van der Waals surface area contributed by atoms with Crippen LogP contribution in [0.1, 0.15) is 15.9 Å². The molecule has 5 nitrogen and oxygen atoms in total. The third-order valence-electron chi connectivity index (χ3n) is 3.33. The van der Waals surface area contributed by atoms with Gasteiger partial charge in [-0.3, -0.25) is 9.36 Å². The number of fused-ring (bicyclic) bond motifs is 1. The predicted molar refractivity (Wildman–Crippen MR) is 80.8 cm³/mol. The summed E-state index contributed by atoms with van der Waals surface area (Å²) in [5.74, 6) is -0.753. The zero-order valence-corrected chi connectivity index (χ0v) is 11.8. The largest absolute Gasteiger partial charge is 0.419 e. The van der Waals surface area contributed by atoms with Crippen LogP contribution < -0.4 is 11.5 Å². The molecule has 0 radical (unpaired) electrons. The van der Waals surface area contributed by atoms with E-state index in [1.165, 1.54) is 10.6 Å². The van der Waals surface area contributed by atoms with E-state index in [0.29, 0.717) is 27.9 Å². The number of carbonyl (C=O) groups excluding carboxylic acids is 1. The molecule has 0 amide bonds. The van der Waals surface area contributed by atoms with Gasteiger partial charge in [0.15, 0.2) is 11.4 Å². The van der Waals surface area contributed by atoms with E-state index in [1.807, 2.05) is 0 Å². The standard InChI is InChI=1S/C15H11ClN2O3/c1-18-11-6-5-8(7-12(11)21-15(18)20)14(19)9-3-2-4-10(17)13(9)16/h2-7H,17H2,1H3. The van der Waals surface area contributed by atoms with Gasteiger partial charge in [-0.2, -0.15) is 0 Å². The number of hydrogen-bond acceptors (Lipinski definition) is 4. The molecule has 21 heavy (non-hydrogen) atoms. The van der Waals surface area contributed by atoms with Gasteiger partial charge in [-0.25, -0.2) is 4.79 Å². The second-order valence-electron chi connectivity index (χ2n) is 4.65. The molecular weight excluding hydrogens is 292 g/mol. The summed E-state index contributed by atoms with van der Waals surface area (Å²) in [6.07, 6.45) is 0. The van der Waals surface area contributed by atoms with Gasteiger partial charge in [0, 0.05) is 18.2 Å². The lowest BCUT2D eigenvalue weighted by atomic mass is 10.0. The fourth-order valence-electron chi connectivity index (χ4n) is 2.16. The molecule has 0 fully saturated rings. The molecule has 0 aliphatic rings. The first-order valence-corrected chi connectivity index (χ1v) is 6.55. The molecule has 0 aliphatic heterocycles. The zero-order chi connectivity index (χ0) is 15.1. The van der Waals surface area contributed by atoms with E-state index >= 15 is 0 Å². The lowest BCUT2D eigenvalue weighted by Crippen LogP contribution is -2.08. The summed E-state index contributed by atoms with van der Waals surface area (Å²) in [5, 5.41) is 0.220. The molecule has 0 aliphatic carbocycles. The number of hydrogen-bond donors (Lipinski definition) is 1. The molecule has 3 aromatic rings. The van der Waals surface area contributed by atoms with Gasteiger partial charge in [-0.15, -0.1) is 0 Å². The summed E-state index contributed by atoms with van der Waals surface area (Å²) < 4.78 is 6.45. The van der Waals surface area contributed by atoms with E-state index in [0.717, 1.165) is 0 Å². The topological polar surface area (TPSA) is 78.2 Å². The Morgan fingerprint density at radius 2 is 2.05 bits per heavy atom. The lowest BCUT2D eigenvalue weighted by molar-refractivity contribution is 0.103. The number of halogens is 1. The number of aromatic nitrogens is 1. The van der Waals surface area contributed by atoms with Gasteiger partial charge in [0.05, 0.1) is 16.2 Å². The molecule has 0 bridgehead atoms. The van der Waals surface area contributed by atoms with E-state index in [-0.39, 0.29) is 10.8 Å². The number of nitrogens with two attached hydrogens (primary N) is 1.